The Labute approximate surface area is 91.9 Å². The normalized spacial score (nSPS) is 13.3. The van der Waals surface area contributed by atoms with Crippen molar-refractivity contribution >= 4 is 19.3 Å². The second-order valence-electron chi connectivity index (χ2n) is 3.50. The molecule has 0 aromatic rings. The molecule has 0 saturated heterocycles. The molecule has 15 heavy (non-hydrogen) atoms. The Bertz CT molecular complexity index is 269. The molecule has 0 atom stereocenters. The molecule has 0 bridgehead atoms. The summed E-state index contributed by atoms with van der Waals surface area (Å²) in [7, 11) is -1.63. The highest BCUT2D eigenvalue weighted by Crippen LogP contribution is 2.65. The smallest absolute Gasteiger partial charge is 0.202 e. The summed E-state index contributed by atoms with van der Waals surface area (Å²) < 4.78 is 0. The molecule has 0 aliphatic heterocycles. The second-order valence-corrected chi connectivity index (χ2v) is 8.14. The number of allylic oxidation sites excluding steroid dienone is 2. The van der Waals surface area contributed by atoms with Crippen molar-refractivity contribution in [1.82, 2.24) is 0 Å². The summed E-state index contributed by atoms with van der Waals surface area (Å²) in [5.41, 5.74) is 0. The average Bonchev–Trinajstić information content (AvgIpc) is 2.24. The molecule has 0 unspecified atom stereocenters. The minimum absolute atomic E-state index is 0.168. The summed E-state index contributed by atoms with van der Waals surface area (Å²) in [6.07, 6.45) is 2.94. The number of carbonyl (C=O) groups is 2. The van der Waals surface area contributed by atoms with Crippen LogP contribution in [0.2, 0.25) is 0 Å². The maximum Gasteiger partial charge on any atom is 0.202 e. The summed E-state index contributed by atoms with van der Waals surface area (Å²) in [5.74, 6) is -0.528. The number of Topliss-reactive ketones (excluding diaryl/α,β-unsaturated/α-hetero) is 1. The summed E-state index contributed by atoms with van der Waals surface area (Å²) in [6, 6.07) is 0. The van der Waals surface area contributed by atoms with E-state index in [9.17, 15) is 14.7 Å². The van der Waals surface area contributed by atoms with Gasteiger partial charge in [-0.3, -0.25) is 9.59 Å². The number of rotatable bonds is 6. The molecule has 86 valence electrons. The van der Waals surface area contributed by atoms with Crippen LogP contribution < -0.4 is 0 Å². The van der Waals surface area contributed by atoms with Gasteiger partial charge < -0.3 is 5.11 Å². The van der Waals surface area contributed by atoms with Gasteiger partial charge in [-0.1, -0.05) is 0 Å². The van der Waals surface area contributed by atoms with Crippen molar-refractivity contribution in [2.24, 2.45) is 0 Å². The Morgan fingerprint density at radius 1 is 1.20 bits per heavy atom. The molecule has 3 nitrogen and oxygen atoms in total. The lowest BCUT2D eigenvalue weighted by atomic mass is 10.3. The highest BCUT2D eigenvalue weighted by molar-refractivity contribution is 7.80. The highest BCUT2D eigenvalue weighted by Gasteiger charge is 2.42. The second kappa shape index (κ2) is 6.02. The van der Waals surface area contributed by atoms with E-state index >= 15 is 0 Å². The van der Waals surface area contributed by atoms with Crippen molar-refractivity contribution in [3.63, 3.8) is 0 Å². The third-order valence-corrected chi connectivity index (χ3v) is 8.10. The van der Waals surface area contributed by atoms with E-state index in [0.29, 0.717) is 11.6 Å². The predicted octanol–water partition coefficient (Wildman–Crippen LogP) is 2.62. The number of aliphatic hydroxyl groups excluding tert-OH is 1. The van der Waals surface area contributed by atoms with Gasteiger partial charge in [0, 0.05) is 6.92 Å². The molecule has 1 N–H and O–H groups in total. The molecule has 0 aliphatic carbocycles. The molecular weight excluding hydrogens is 211 g/mol. The number of hydrogen-bond donors (Lipinski definition) is 1. The van der Waals surface area contributed by atoms with Crippen LogP contribution in [-0.4, -0.2) is 35.7 Å². The van der Waals surface area contributed by atoms with Crippen molar-refractivity contribution in [2.45, 2.75) is 27.7 Å². The largest absolute Gasteiger partial charge is 0.502 e. The van der Waals surface area contributed by atoms with Crippen LogP contribution in [-0.2, 0) is 9.59 Å². The molecule has 0 aliphatic rings. The Morgan fingerprint density at radius 2 is 1.60 bits per heavy atom. The zero-order valence-corrected chi connectivity index (χ0v) is 10.8. The fourth-order valence-electron chi connectivity index (χ4n) is 1.96. The first-order valence-corrected chi connectivity index (χ1v) is 7.59. The SMILES string of the molecule is CC[P+](CC)(CC)/C(C(C)=O)=C(/O)C=O. The van der Waals surface area contributed by atoms with Crippen LogP contribution in [0.1, 0.15) is 27.7 Å². The van der Waals surface area contributed by atoms with Gasteiger partial charge in [-0.15, -0.1) is 0 Å². The Kier molecular flexibility index (Phi) is 5.74. The van der Waals surface area contributed by atoms with E-state index in [1.807, 2.05) is 20.8 Å². The molecule has 0 fully saturated rings. The molecule has 4 heteroatoms. The lowest BCUT2D eigenvalue weighted by Crippen LogP contribution is -2.14. The summed E-state index contributed by atoms with van der Waals surface area (Å²) >= 11 is 0. The van der Waals surface area contributed by atoms with Crippen molar-refractivity contribution in [1.29, 1.82) is 0 Å². The quantitative estimate of drug-likeness (QED) is 0.331. The van der Waals surface area contributed by atoms with Crippen molar-refractivity contribution in [3.05, 3.63) is 11.1 Å². The van der Waals surface area contributed by atoms with Crippen LogP contribution in [0.4, 0.5) is 0 Å². The molecule has 0 spiro atoms. The number of carbonyl (C=O) groups excluding carboxylic acids is 2. The number of ketones is 1. The van der Waals surface area contributed by atoms with Crippen molar-refractivity contribution in [2.75, 3.05) is 18.5 Å². The van der Waals surface area contributed by atoms with Gasteiger partial charge in [-0.05, 0) is 20.8 Å². The predicted molar refractivity (Wildman–Crippen MR) is 64.9 cm³/mol. The fourth-order valence-corrected chi connectivity index (χ4v) is 5.46. The van der Waals surface area contributed by atoms with E-state index in [1.54, 1.807) is 0 Å². The molecule has 0 amide bonds. The molecular formula is C11H20O3P+. The van der Waals surface area contributed by atoms with Gasteiger partial charge in [0.25, 0.3) is 0 Å². The van der Waals surface area contributed by atoms with Crippen molar-refractivity contribution < 1.29 is 14.7 Å². The lowest BCUT2D eigenvalue weighted by molar-refractivity contribution is -0.114. The minimum Gasteiger partial charge on any atom is -0.502 e. The van der Waals surface area contributed by atoms with Gasteiger partial charge in [0.05, 0.1) is 25.7 Å². The van der Waals surface area contributed by atoms with Gasteiger partial charge in [0.15, 0.2) is 17.4 Å². The van der Waals surface area contributed by atoms with Gasteiger partial charge in [-0.2, -0.15) is 0 Å². The van der Waals surface area contributed by atoms with E-state index in [4.69, 9.17) is 0 Å². The summed E-state index contributed by atoms with van der Waals surface area (Å²) in [5, 5.41) is 9.93. The van der Waals surface area contributed by atoms with Gasteiger partial charge in [0.2, 0.25) is 5.76 Å². The maximum absolute atomic E-state index is 11.5. The molecule has 0 radical (unpaired) electrons. The van der Waals surface area contributed by atoms with Crippen LogP contribution >= 0.6 is 7.26 Å². The summed E-state index contributed by atoms with van der Waals surface area (Å²) in [6.45, 7) is 7.47. The van der Waals surface area contributed by atoms with E-state index in [-0.39, 0.29) is 11.5 Å². The Morgan fingerprint density at radius 3 is 1.80 bits per heavy atom. The molecule has 0 saturated carbocycles. The van der Waals surface area contributed by atoms with Crippen LogP contribution in [0.3, 0.4) is 0 Å². The number of aliphatic hydroxyl groups is 1. The van der Waals surface area contributed by atoms with Crippen LogP contribution in [0, 0.1) is 0 Å². The van der Waals surface area contributed by atoms with Crippen LogP contribution in [0.25, 0.3) is 0 Å². The maximum atomic E-state index is 11.5. The number of aldehydes is 1. The monoisotopic (exact) mass is 231 g/mol. The third kappa shape index (κ3) is 2.88. The minimum atomic E-state index is -1.63. The van der Waals surface area contributed by atoms with Crippen molar-refractivity contribution in [3.8, 4) is 0 Å². The Hall–Kier alpha value is -0.690. The van der Waals surface area contributed by atoms with E-state index in [0.717, 1.165) is 18.5 Å². The zero-order chi connectivity index (χ0) is 12.1. The Balaban J connectivity index is 5.59. The first-order valence-electron chi connectivity index (χ1n) is 5.25. The first kappa shape index (κ1) is 14.3. The van der Waals surface area contributed by atoms with Gasteiger partial charge in [0.1, 0.15) is 0 Å². The first-order chi connectivity index (χ1) is 6.98. The van der Waals surface area contributed by atoms with Gasteiger partial charge >= 0.3 is 0 Å². The zero-order valence-electron chi connectivity index (χ0n) is 9.91. The summed E-state index contributed by atoms with van der Waals surface area (Å²) in [4.78, 5) is 22.1. The molecule has 0 aromatic heterocycles. The van der Waals surface area contributed by atoms with E-state index < -0.39 is 7.26 Å². The molecule has 0 heterocycles. The fraction of sp³-hybridized carbons (Fsp3) is 0.636. The molecule has 0 rings (SSSR count). The van der Waals surface area contributed by atoms with Crippen LogP contribution in [0.5, 0.6) is 0 Å². The number of hydrogen-bond acceptors (Lipinski definition) is 3. The lowest BCUT2D eigenvalue weighted by Gasteiger charge is -2.24. The third-order valence-electron chi connectivity index (χ3n) is 2.98. The highest BCUT2D eigenvalue weighted by atomic mass is 31.2. The van der Waals surface area contributed by atoms with E-state index in [2.05, 4.69) is 0 Å². The van der Waals surface area contributed by atoms with Gasteiger partial charge in [-0.25, -0.2) is 0 Å². The average molecular weight is 231 g/mol. The molecule has 0 aromatic carbocycles. The van der Waals surface area contributed by atoms with Crippen LogP contribution in [0.15, 0.2) is 11.1 Å². The topological polar surface area (TPSA) is 54.4 Å². The standard InChI is InChI=1S/C11H19O3P/c1-5-15(6-2,7-3)11(9(4)13)10(14)8-12/h8H,5-7H2,1-4H3/p+1. The van der Waals surface area contributed by atoms with E-state index in [1.165, 1.54) is 6.92 Å².